The number of ether oxygens (including phenoxy) is 2. The van der Waals surface area contributed by atoms with E-state index in [0.717, 1.165) is 32.5 Å². The molecule has 0 aromatic heterocycles. The predicted molar refractivity (Wildman–Crippen MR) is 96.6 cm³/mol. The minimum absolute atomic E-state index is 0.0223. The zero-order valence-electron chi connectivity index (χ0n) is 13.4. The molecule has 0 aliphatic heterocycles. The molecule has 0 radical (unpaired) electrons. The molecule has 0 heterocycles. The summed E-state index contributed by atoms with van der Waals surface area (Å²) in [6.45, 7) is 5.91. The highest BCUT2D eigenvalue weighted by atomic mass is 127. The molecule has 0 aromatic carbocycles. The maximum atomic E-state index is 5.73. The number of allylic oxidation sites excluding steroid dienone is 2. The van der Waals surface area contributed by atoms with Crippen molar-refractivity contribution >= 4 is 22.6 Å². The minimum atomic E-state index is 0.0223. The molecular weight excluding hydrogens is 363 g/mol. The van der Waals surface area contributed by atoms with Crippen LogP contribution in [0, 0.1) is 0 Å². The maximum absolute atomic E-state index is 5.73. The van der Waals surface area contributed by atoms with Crippen LogP contribution in [0.5, 0.6) is 0 Å². The molecule has 0 atom stereocenters. The summed E-state index contributed by atoms with van der Waals surface area (Å²) in [6, 6.07) is 0. The number of halogens is 1. The van der Waals surface area contributed by atoms with Crippen LogP contribution in [-0.4, -0.2) is 23.9 Å². The van der Waals surface area contributed by atoms with Crippen molar-refractivity contribution in [2.75, 3.05) is 17.6 Å². The number of unbranched alkanes of at least 4 members (excludes halogenated alkanes) is 4. The van der Waals surface area contributed by atoms with Crippen LogP contribution < -0.4 is 0 Å². The molecule has 3 heteroatoms. The van der Waals surface area contributed by atoms with E-state index in [1.54, 1.807) is 0 Å². The molecule has 0 saturated carbocycles. The highest BCUT2D eigenvalue weighted by Crippen LogP contribution is 2.11. The van der Waals surface area contributed by atoms with Crippen molar-refractivity contribution in [3.8, 4) is 0 Å². The summed E-state index contributed by atoms with van der Waals surface area (Å²) in [5, 5.41) is 0. The Hall–Kier alpha value is 0.390. The Morgan fingerprint density at radius 3 is 2.00 bits per heavy atom. The third-order valence-corrected chi connectivity index (χ3v) is 3.76. The molecule has 0 aromatic rings. The molecule has 2 nitrogen and oxygen atoms in total. The van der Waals surface area contributed by atoms with E-state index in [2.05, 4.69) is 48.6 Å². The van der Waals surface area contributed by atoms with E-state index in [0.29, 0.717) is 0 Å². The average molecular weight is 396 g/mol. The molecule has 0 unspecified atom stereocenters. The van der Waals surface area contributed by atoms with Crippen LogP contribution in [0.25, 0.3) is 0 Å². The van der Waals surface area contributed by atoms with E-state index >= 15 is 0 Å². The van der Waals surface area contributed by atoms with Gasteiger partial charge in [-0.05, 0) is 55.8 Å². The Morgan fingerprint density at radius 1 is 0.850 bits per heavy atom. The van der Waals surface area contributed by atoms with Gasteiger partial charge in [-0.1, -0.05) is 55.0 Å². The van der Waals surface area contributed by atoms with Crippen LogP contribution in [0.2, 0.25) is 0 Å². The summed E-state index contributed by atoms with van der Waals surface area (Å²) in [5.74, 6) is 0. The summed E-state index contributed by atoms with van der Waals surface area (Å²) in [7, 11) is 0. The Labute approximate surface area is 139 Å². The Kier molecular flexibility index (Phi) is 17.8. The van der Waals surface area contributed by atoms with Gasteiger partial charge < -0.3 is 9.47 Å². The van der Waals surface area contributed by atoms with Crippen molar-refractivity contribution in [2.45, 2.75) is 77.9 Å². The van der Waals surface area contributed by atoms with Gasteiger partial charge in [-0.2, -0.15) is 0 Å². The van der Waals surface area contributed by atoms with Crippen molar-refractivity contribution in [3.63, 3.8) is 0 Å². The van der Waals surface area contributed by atoms with Gasteiger partial charge in [0.25, 0.3) is 0 Å². The van der Waals surface area contributed by atoms with Gasteiger partial charge >= 0.3 is 0 Å². The number of alkyl halides is 1. The fourth-order valence-electron chi connectivity index (χ4n) is 1.89. The molecule has 0 rings (SSSR count). The number of hydrogen-bond acceptors (Lipinski definition) is 2. The Morgan fingerprint density at radius 2 is 1.45 bits per heavy atom. The maximum Gasteiger partial charge on any atom is 0.157 e. The molecule has 120 valence electrons. The quantitative estimate of drug-likeness (QED) is 0.113. The summed E-state index contributed by atoms with van der Waals surface area (Å²) < 4.78 is 12.7. The smallest absolute Gasteiger partial charge is 0.157 e. The van der Waals surface area contributed by atoms with Crippen LogP contribution in [0.15, 0.2) is 12.2 Å². The first kappa shape index (κ1) is 20.4. The standard InChI is InChI=1S/C17H33IO2/c1-3-15-19-17(20-16-4-2)13-11-9-7-5-6-8-10-12-14-18/h6,8,17H,3-5,7,9-16H2,1-2H3/b8-6-. The van der Waals surface area contributed by atoms with Gasteiger partial charge in [0.05, 0.1) is 0 Å². The SMILES string of the molecule is CCCOC(CCCCC/C=C\CCCI)OCCC. The number of rotatable bonds is 15. The van der Waals surface area contributed by atoms with Crippen LogP contribution in [0.1, 0.15) is 71.6 Å². The molecule has 0 aliphatic carbocycles. The lowest BCUT2D eigenvalue weighted by molar-refractivity contribution is -0.146. The molecule has 0 N–H and O–H groups in total. The monoisotopic (exact) mass is 396 g/mol. The highest BCUT2D eigenvalue weighted by molar-refractivity contribution is 14.1. The van der Waals surface area contributed by atoms with E-state index in [-0.39, 0.29) is 6.29 Å². The second-order valence-corrected chi connectivity index (χ2v) is 6.19. The van der Waals surface area contributed by atoms with Crippen LogP contribution in [0.3, 0.4) is 0 Å². The van der Waals surface area contributed by atoms with Crippen LogP contribution >= 0.6 is 22.6 Å². The van der Waals surface area contributed by atoms with Crippen molar-refractivity contribution in [1.82, 2.24) is 0 Å². The lowest BCUT2D eigenvalue weighted by Crippen LogP contribution is -2.18. The molecule has 0 bridgehead atoms. The lowest BCUT2D eigenvalue weighted by atomic mass is 10.1. The van der Waals surface area contributed by atoms with E-state index in [4.69, 9.17) is 9.47 Å². The van der Waals surface area contributed by atoms with Crippen LogP contribution in [-0.2, 0) is 9.47 Å². The predicted octanol–water partition coefficient (Wildman–Crippen LogP) is 5.89. The van der Waals surface area contributed by atoms with Crippen LogP contribution in [0.4, 0.5) is 0 Å². The van der Waals surface area contributed by atoms with E-state index in [1.807, 2.05) is 0 Å². The third kappa shape index (κ3) is 14.8. The average Bonchev–Trinajstić information content (AvgIpc) is 2.47. The minimum Gasteiger partial charge on any atom is -0.353 e. The van der Waals surface area contributed by atoms with Crippen molar-refractivity contribution in [1.29, 1.82) is 0 Å². The summed E-state index contributed by atoms with van der Waals surface area (Å²) in [4.78, 5) is 0. The first-order valence-electron chi connectivity index (χ1n) is 8.29. The fourth-order valence-corrected chi connectivity index (χ4v) is 2.33. The second-order valence-electron chi connectivity index (χ2n) is 5.11. The zero-order valence-corrected chi connectivity index (χ0v) is 15.6. The van der Waals surface area contributed by atoms with Gasteiger partial charge in [0.15, 0.2) is 6.29 Å². The largest absolute Gasteiger partial charge is 0.353 e. The molecular formula is C17H33IO2. The topological polar surface area (TPSA) is 18.5 Å². The highest BCUT2D eigenvalue weighted by Gasteiger charge is 2.07. The first-order valence-corrected chi connectivity index (χ1v) is 9.81. The van der Waals surface area contributed by atoms with Gasteiger partial charge in [0, 0.05) is 13.2 Å². The van der Waals surface area contributed by atoms with Crippen molar-refractivity contribution in [3.05, 3.63) is 12.2 Å². The molecule has 0 fully saturated rings. The van der Waals surface area contributed by atoms with Crippen molar-refractivity contribution in [2.24, 2.45) is 0 Å². The third-order valence-electron chi connectivity index (χ3n) is 3.00. The first-order chi connectivity index (χ1) is 9.85. The van der Waals surface area contributed by atoms with Gasteiger partial charge in [0.1, 0.15) is 0 Å². The summed E-state index contributed by atoms with van der Waals surface area (Å²) in [6.07, 6.45) is 15.4. The summed E-state index contributed by atoms with van der Waals surface area (Å²) >= 11 is 2.43. The van der Waals surface area contributed by atoms with E-state index < -0.39 is 0 Å². The molecule has 0 saturated heterocycles. The van der Waals surface area contributed by atoms with Gasteiger partial charge in [-0.15, -0.1) is 0 Å². The normalized spacial score (nSPS) is 11.8. The van der Waals surface area contributed by atoms with E-state index in [1.165, 1.54) is 43.0 Å². The zero-order chi connectivity index (χ0) is 14.9. The van der Waals surface area contributed by atoms with Gasteiger partial charge in [0.2, 0.25) is 0 Å². The molecule has 0 aliphatic rings. The molecule has 0 spiro atoms. The fraction of sp³-hybridized carbons (Fsp3) is 0.882. The van der Waals surface area contributed by atoms with E-state index in [9.17, 15) is 0 Å². The van der Waals surface area contributed by atoms with Crippen molar-refractivity contribution < 1.29 is 9.47 Å². The molecule has 0 amide bonds. The lowest BCUT2D eigenvalue weighted by Gasteiger charge is -2.17. The van der Waals surface area contributed by atoms with Gasteiger partial charge in [-0.3, -0.25) is 0 Å². The molecule has 20 heavy (non-hydrogen) atoms. The Bertz CT molecular complexity index is 199. The summed E-state index contributed by atoms with van der Waals surface area (Å²) in [5.41, 5.74) is 0. The van der Waals surface area contributed by atoms with Gasteiger partial charge in [-0.25, -0.2) is 0 Å². The Balaban J connectivity index is 3.49. The second kappa shape index (κ2) is 17.4. The number of hydrogen-bond donors (Lipinski definition) is 0.